The van der Waals surface area contributed by atoms with Crippen LogP contribution in [0.1, 0.15) is 46.5 Å². The molecule has 3 nitrogen and oxygen atoms in total. The minimum absolute atomic E-state index is 0.0608. The first-order chi connectivity index (χ1) is 8.17. The van der Waals surface area contributed by atoms with E-state index >= 15 is 0 Å². The van der Waals surface area contributed by atoms with Crippen LogP contribution in [0.3, 0.4) is 0 Å². The summed E-state index contributed by atoms with van der Waals surface area (Å²) in [5, 5.41) is 0. The summed E-state index contributed by atoms with van der Waals surface area (Å²) in [7, 11) is 2.20. The lowest BCUT2D eigenvalue weighted by molar-refractivity contribution is -0.149. The summed E-state index contributed by atoms with van der Waals surface area (Å²) in [5.41, 5.74) is 0. The lowest BCUT2D eigenvalue weighted by atomic mass is 9.87. The topological polar surface area (TPSA) is 21.7 Å². The molecule has 1 fully saturated rings. The minimum Gasteiger partial charge on any atom is -0.352 e. The van der Waals surface area contributed by atoms with Gasteiger partial charge in [-0.15, -0.1) is 0 Å². The van der Waals surface area contributed by atoms with Crippen LogP contribution in [0, 0.1) is 5.92 Å². The number of hydrogen-bond acceptors (Lipinski definition) is 3. The molecule has 3 heteroatoms. The summed E-state index contributed by atoms with van der Waals surface area (Å²) >= 11 is 0. The highest BCUT2D eigenvalue weighted by molar-refractivity contribution is 4.77. The Morgan fingerprint density at radius 2 is 1.59 bits per heavy atom. The zero-order valence-electron chi connectivity index (χ0n) is 11.9. The molecular formula is C14H29NO2. The van der Waals surface area contributed by atoms with Gasteiger partial charge < -0.3 is 9.47 Å². The van der Waals surface area contributed by atoms with Crippen molar-refractivity contribution in [2.75, 3.05) is 26.8 Å². The first kappa shape index (κ1) is 14.9. The third kappa shape index (κ3) is 5.36. The lowest BCUT2D eigenvalue weighted by Gasteiger charge is -2.35. The van der Waals surface area contributed by atoms with Crippen molar-refractivity contribution in [1.82, 2.24) is 4.90 Å². The normalized spacial score (nSPS) is 25.8. The Morgan fingerprint density at radius 1 is 1.06 bits per heavy atom. The fourth-order valence-corrected chi connectivity index (χ4v) is 2.59. The molecule has 0 spiro atoms. The molecule has 0 unspecified atom stereocenters. The fourth-order valence-electron chi connectivity index (χ4n) is 2.59. The van der Waals surface area contributed by atoms with Crippen LogP contribution in [-0.4, -0.2) is 44.0 Å². The van der Waals surface area contributed by atoms with E-state index in [1.807, 2.05) is 13.8 Å². The zero-order valence-corrected chi connectivity index (χ0v) is 11.9. The van der Waals surface area contributed by atoms with Crippen LogP contribution in [0.5, 0.6) is 0 Å². The molecule has 1 aliphatic carbocycles. The van der Waals surface area contributed by atoms with Crippen LogP contribution in [0.15, 0.2) is 0 Å². The highest BCUT2D eigenvalue weighted by Crippen LogP contribution is 2.26. The molecule has 0 saturated heterocycles. The smallest absolute Gasteiger partial charge is 0.170 e. The van der Waals surface area contributed by atoms with Gasteiger partial charge in [0.15, 0.2) is 6.29 Å². The molecule has 0 aromatic carbocycles. The van der Waals surface area contributed by atoms with Crippen LogP contribution >= 0.6 is 0 Å². The number of nitrogens with zero attached hydrogens (tertiary/aromatic N) is 1. The van der Waals surface area contributed by atoms with E-state index in [9.17, 15) is 0 Å². The van der Waals surface area contributed by atoms with Gasteiger partial charge in [-0.2, -0.15) is 0 Å². The number of hydrogen-bond donors (Lipinski definition) is 0. The molecule has 0 atom stereocenters. The van der Waals surface area contributed by atoms with Crippen molar-refractivity contribution in [2.45, 2.75) is 58.8 Å². The molecular weight excluding hydrogens is 214 g/mol. The van der Waals surface area contributed by atoms with E-state index in [-0.39, 0.29) is 6.29 Å². The summed E-state index contributed by atoms with van der Waals surface area (Å²) in [6.07, 6.45) is 5.31. The first-order valence-corrected chi connectivity index (χ1v) is 7.10. The second-order valence-electron chi connectivity index (χ2n) is 5.19. The Balaban J connectivity index is 2.32. The summed E-state index contributed by atoms with van der Waals surface area (Å²) in [6.45, 7) is 8.74. The molecule has 1 aliphatic rings. The predicted molar refractivity (Wildman–Crippen MR) is 71.1 cm³/mol. The molecule has 0 amide bonds. The molecule has 0 radical (unpaired) electrons. The van der Waals surface area contributed by atoms with Gasteiger partial charge >= 0.3 is 0 Å². The molecule has 1 rings (SSSR count). The third-order valence-electron chi connectivity index (χ3n) is 3.75. The quantitative estimate of drug-likeness (QED) is 0.642. The highest BCUT2D eigenvalue weighted by atomic mass is 16.7. The second kappa shape index (κ2) is 8.06. The van der Waals surface area contributed by atoms with Crippen LogP contribution in [0.2, 0.25) is 0 Å². The Hall–Kier alpha value is -0.120. The van der Waals surface area contributed by atoms with Gasteiger partial charge in [-0.3, -0.25) is 4.90 Å². The van der Waals surface area contributed by atoms with Crippen molar-refractivity contribution in [3.8, 4) is 0 Å². The minimum atomic E-state index is -0.0608. The fraction of sp³-hybridized carbons (Fsp3) is 1.00. The Labute approximate surface area is 106 Å². The Morgan fingerprint density at radius 3 is 2.06 bits per heavy atom. The molecule has 0 bridgehead atoms. The van der Waals surface area contributed by atoms with E-state index < -0.39 is 0 Å². The number of ether oxygens (including phenoxy) is 2. The van der Waals surface area contributed by atoms with E-state index in [1.54, 1.807) is 0 Å². The van der Waals surface area contributed by atoms with Gasteiger partial charge in [0.25, 0.3) is 0 Å². The second-order valence-corrected chi connectivity index (χ2v) is 5.19. The van der Waals surface area contributed by atoms with Crippen molar-refractivity contribution < 1.29 is 9.47 Å². The lowest BCUT2D eigenvalue weighted by Crippen LogP contribution is -2.41. The third-order valence-corrected chi connectivity index (χ3v) is 3.75. The van der Waals surface area contributed by atoms with Crippen LogP contribution < -0.4 is 0 Å². The van der Waals surface area contributed by atoms with Crippen molar-refractivity contribution in [3.63, 3.8) is 0 Å². The number of rotatable bonds is 7. The Kier molecular flexibility index (Phi) is 7.09. The van der Waals surface area contributed by atoms with Gasteiger partial charge in [-0.25, -0.2) is 0 Å². The van der Waals surface area contributed by atoms with Crippen LogP contribution in [0.4, 0.5) is 0 Å². The van der Waals surface area contributed by atoms with Crippen LogP contribution in [-0.2, 0) is 9.47 Å². The van der Waals surface area contributed by atoms with E-state index in [0.29, 0.717) is 0 Å². The highest BCUT2D eigenvalue weighted by Gasteiger charge is 2.23. The molecule has 0 aromatic heterocycles. The summed E-state index contributed by atoms with van der Waals surface area (Å²) in [4.78, 5) is 2.42. The molecule has 0 heterocycles. The van der Waals surface area contributed by atoms with E-state index in [2.05, 4.69) is 18.9 Å². The van der Waals surface area contributed by atoms with E-state index in [1.165, 1.54) is 25.7 Å². The summed E-state index contributed by atoms with van der Waals surface area (Å²) in [6, 6.07) is 0.717. The molecule has 17 heavy (non-hydrogen) atoms. The van der Waals surface area contributed by atoms with Crippen LogP contribution in [0.25, 0.3) is 0 Å². The van der Waals surface area contributed by atoms with Gasteiger partial charge in [0.05, 0.1) is 0 Å². The standard InChI is InChI=1S/C14H29NO2/c1-5-16-14(17-6-2)11-15(4)13-9-7-12(3)8-10-13/h12-14H,5-11H2,1-4H3. The monoisotopic (exact) mass is 243 g/mol. The molecule has 102 valence electrons. The maximum atomic E-state index is 5.60. The maximum Gasteiger partial charge on any atom is 0.170 e. The first-order valence-electron chi connectivity index (χ1n) is 7.10. The Bertz CT molecular complexity index is 185. The zero-order chi connectivity index (χ0) is 12.7. The average Bonchev–Trinajstić information content (AvgIpc) is 2.30. The van der Waals surface area contributed by atoms with Crippen molar-refractivity contribution in [2.24, 2.45) is 5.92 Å². The summed E-state index contributed by atoms with van der Waals surface area (Å²) in [5.74, 6) is 0.911. The molecule has 0 aromatic rings. The summed E-state index contributed by atoms with van der Waals surface area (Å²) < 4.78 is 11.2. The van der Waals surface area contributed by atoms with Crippen molar-refractivity contribution >= 4 is 0 Å². The maximum absolute atomic E-state index is 5.60. The van der Waals surface area contributed by atoms with Gasteiger partial charge in [0.2, 0.25) is 0 Å². The van der Waals surface area contributed by atoms with Gasteiger partial charge in [0, 0.05) is 25.8 Å². The number of likely N-dealkylation sites (N-methyl/N-ethyl adjacent to an activating group) is 1. The van der Waals surface area contributed by atoms with Gasteiger partial charge in [-0.05, 0) is 52.5 Å². The van der Waals surface area contributed by atoms with E-state index in [4.69, 9.17) is 9.47 Å². The molecule has 0 N–H and O–H groups in total. The predicted octanol–water partition coefficient (Wildman–Crippen LogP) is 2.90. The molecule has 1 saturated carbocycles. The largest absolute Gasteiger partial charge is 0.352 e. The molecule has 0 aliphatic heterocycles. The van der Waals surface area contributed by atoms with Crippen molar-refractivity contribution in [3.05, 3.63) is 0 Å². The SMILES string of the molecule is CCOC(CN(C)C1CCC(C)CC1)OCC. The van der Waals surface area contributed by atoms with E-state index in [0.717, 1.165) is 31.7 Å². The van der Waals surface area contributed by atoms with Gasteiger partial charge in [-0.1, -0.05) is 6.92 Å². The average molecular weight is 243 g/mol. The van der Waals surface area contributed by atoms with Gasteiger partial charge in [0.1, 0.15) is 0 Å². The van der Waals surface area contributed by atoms with Crippen molar-refractivity contribution in [1.29, 1.82) is 0 Å².